The molecule has 108 valence electrons. The summed E-state index contributed by atoms with van der Waals surface area (Å²) in [5.74, 6) is -3.16. The zero-order valence-corrected chi connectivity index (χ0v) is 11.8. The minimum atomic E-state index is -3.90. The second-order valence-corrected chi connectivity index (χ2v) is 5.65. The van der Waals surface area contributed by atoms with Crippen LogP contribution in [0.3, 0.4) is 0 Å². The third-order valence-corrected chi connectivity index (χ3v) is 4.27. The molecule has 6 nitrogen and oxygen atoms in total. The Bertz CT molecular complexity index is 292. The molecule has 2 atom stereocenters. The van der Waals surface area contributed by atoms with Crippen LogP contribution < -0.4 is 5.32 Å². The number of aliphatic carboxylic acids is 1. The van der Waals surface area contributed by atoms with Gasteiger partial charge in [0.15, 0.2) is 0 Å². The maximum absolute atomic E-state index is 13.9. The van der Waals surface area contributed by atoms with Crippen LogP contribution in [0.2, 0.25) is 0 Å². The highest BCUT2D eigenvalue weighted by Gasteiger charge is 2.38. The lowest BCUT2D eigenvalue weighted by Gasteiger charge is -2.23. The number of rotatable bonds is 10. The van der Waals surface area contributed by atoms with Crippen molar-refractivity contribution in [2.45, 2.75) is 39.1 Å². The van der Waals surface area contributed by atoms with Crippen molar-refractivity contribution in [1.82, 2.24) is 5.32 Å². The number of likely N-dealkylation sites (N-methyl/N-ethyl adjacent to an activating group) is 1. The first-order valence-electron chi connectivity index (χ1n) is 5.90. The second-order valence-electron chi connectivity index (χ2n) is 3.49. The molecule has 0 amide bonds. The van der Waals surface area contributed by atoms with Crippen LogP contribution in [0.15, 0.2) is 0 Å². The second kappa shape index (κ2) is 8.58. The molecule has 0 rings (SSSR count). The maximum Gasteiger partial charge on any atom is 0.364 e. The minimum absolute atomic E-state index is 0.0383. The summed E-state index contributed by atoms with van der Waals surface area (Å²) in [6, 6.07) is -1.11. The lowest BCUT2D eigenvalue weighted by Crippen LogP contribution is -2.38. The van der Waals surface area contributed by atoms with Crippen molar-refractivity contribution >= 4 is 13.6 Å². The molecule has 0 aromatic carbocycles. The fraction of sp³-hybridized carbons (Fsp3) is 0.900. The average molecular weight is 285 g/mol. The van der Waals surface area contributed by atoms with Gasteiger partial charge >= 0.3 is 13.6 Å². The van der Waals surface area contributed by atoms with Crippen LogP contribution in [-0.2, 0) is 18.4 Å². The summed E-state index contributed by atoms with van der Waals surface area (Å²) in [4.78, 5) is 10.9. The van der Waals surface area contributed by atoms with Crippen molar-refractivity contribution in [3.05, 3.63) is 0 Å². The molecule has 0 aromatic heterocycles. The van der Waals surface area contributed by atoms with E-state index in [1.54, 1.807) is 20.8 Å². The van der Waals surface area contributed by atoms with Crippen LogP contribution in [0.25, 0.3) is 0 Å². The van der Waals surface area contributed by atoms with Crippen molar-refractivity contribution in [3.8, 4) is 0 Å². The summed E-state index contributed by atoms with van der Waals surface area (Å²) < 4.78 is 35.6. The number of nitrogens with one attached hydrogen (secondary N) is 1. The van der Waals surface area contributed by atoms with E-state index in [-0.39, 0.29) is 13.2 Å². The third-order valence-electron chi connectivity index (χ3n) is 2.14. The van der Waals surface area contributed by atoms with E-state index in [0.29, 0.717) is 6.54 Å². The standard InChI is InChI=1S/C10H21FNO5P/c1-4-12-8(10(13)14)7-9(11)18(15,16-5-2)17-6-3/h8-9,12H,4-7H2,1-3H3,(H,13,14)/t8-,9-/m0/s1. The van der Waals surface area contributed by atoms with Crippen molar-refractivity contribution in [2.24, 2.45) is 0 Å². The van der Waals surface area contributed by atoms with Gasteiger partial charge in [0, 0.05) is 6.42 Å². The van der Waals surface area contributed by atoms with Gasteiger partial charge in [-0.1, -0.05) is 6.92 Å². The number of alkyl halides is 1. The van der Waals surface area contributed by atoms with Crippen LogP contribution in [0.1, 0.15) is 27.2 Å². The summed E-state index contributed by atoms with van der Waals surface area (Å²) in [7, 11) is -3.90. The monoisotopic (exact) mass is 285 g/mol. The Labute approximate surface area is 106 Å². The van der Waals surface area contributed by atoms with Crippen LogP contribution in [0.5, 0.6) is 0 Å². The normalized spacial score (nSPS) is 15.3. The Kier molecular flexibility index (Phi) is 8.35. The van der Waals surface area contributed by atoms with E-state index in [0.717, 1.165) is 0 Å². The van der Waals surface area contributed by atoms with E-state index < -0.39 is 31.9 Å². The van der Waals surface area contributed by atoms with E-state index in [1.165, 1.54) is 0 Å². The molecule has 0 saturated carbocycles. The molecule has 18 heavy (non-hydrogen) atoms. The Morgan fingerprint density at radius 1 is 1.33 bits per heavy atom. The summed E-state index contributed by atoms with van der Waals surface area (Å²) in [5.41, 5.74) is 0. The predicted octanol–water partition coefficient (Wildman–Crippen LogP) is 2.00. The third kappa shape index (κ3) is 5.44. The Balaban J connectivity index is 4.71. The first-order chi connectivity index (χ1) is 8.41. The first-order valence-corrected chi connectivity index (χ1v) is 7.51. The van der Waals surface area contributed by atoms with Crippen LogP contribution in [-0.4, -0.2) is 42.8 Å². The highest BCUT2D eigenvalue weighted by molar-refractivity contribution is 7.54. The van der Waals surface area contributed by atoms with Gasteiger partial charge < -0.3 is 19.5 Å². The van der Waals surface area contributed by atoms with Crippen molar-refractivity contribution in [2.75, 3.05) is 19.8 Å². The lowest BCUT2D eigenvalue weighted by molar-refractivity contribution is -0.139. The molecule has 0 aliphatic rings. The van der Waals surface area contributed by atoms with E-state index >= 15 is 0 Å². The molecule has 0 bridgehead atoms. The van der Waals surface area contributed by atoms with E-state index in [2.05, 4.69) is 5.32 Å². The van der Waals surface area contributed by atoms with Crippen LogP contribution in [0.4, 0.5) is 4.39 Å². The molecular formula is C10H21FNO5P. The zero-order chi connectivity index (χ0) is 14.2. The van der Waals surface area contributed by atoms with Crippen molar-refractivity contribution in [3.63, 3.8) is 0 Å². The SMILES string of the molecule is CCN[C@@H](C[C@@H](F)P(=O)(OCC)OCC)C(=O)O. The van der Waals surface area contributed by atoms with Gasteiger partial charge in [-0.05, 0) is 20.4 Å². The minimum Gasteiger partial charge on any atom is -0.480 e. The van der Waals surface area contributed by atoms with Gasteiger partial charge in [-0.3, -0.25) is 9.36 Å². The molecule has 0 fully saturated rings. The largest absolute Gasteiger partial charge is 0.480 e. The Morgan fingerprint density at radius 3 is 2.17 bits per heavy atom. The van der Waals surface area contributed by atoms with Gasteiger partial charge in [0.2, 0.25) is 5.91 Å². The molecule has 0 radical (unpaired) electrons. The molecule has 0 unspecified atom stereocenters. The lowest BCUT2D eigenvalue weighted by atomic mass is 10.2. The molecule has 2 N–H and O–H groups in total. The summed E-state index contributed by atoms with van der Waals surface area (Å²) >= 11 is 0. The van der Waals surface area contributed by atoms with E-state index in [9.17, 15) is 13.8 Å². The van der Waals surface area contributed by atoms with Crippen molar-refractivity contribution < 1.29 is 27.9 Å². The molecule has 0 spiro atoms. The Morgan fingerprint density at radius 2 is 1.83 bits per heavy atom. The molecule has 0 heterocycles. The van der Waals surface area contributed by atoms with E-state index in [1.807, 2.05) is 0 Å². The summed E-state index contributed by atoms with van der Waals surface area (Å²) in [6.45, 7) is 5.28. The number of hydrogen-bond acceptors (Lipinski definition) is 5. The van der Waals surface area contributed by atoms with Crippen molar-refractivity contribution in [1.29, 1.82) is 0 Å². The van der Waals surface area contributed by atoms with Gasteiger partial charge in [0.05, 0.1) is 13.2 Å². The van der Waals surface area contributed by atoms with Gasteiger partial charge in [-0.2, -0.15) is 0 Å². The summed E-state index contributed by atoms with van der Waals surface area (Å²) in [5, 5.41) is 11.5. The molecule has 0 aromatic rings. The van der Waals surface area contributed by atoms with Gasteiger partial charge in [-0.15, -0.1) is 0 Å². The molecule has 0 aliphatic heterocycles. The average Bonchev–Trinajstić information content (AvgIpc) is 2.28. The van der Waals surface area contributed by atoms with Gasteiger partial charge in [0.25, 0.3) is 0 Å². The fourth-order valence-corrected chi connectivity index (χ4v) is 2.99. The zero-order valence-electron chi connectivity index (χ0n) is 10.9. The van der Waals surface area contributed by atoms with E-state index in [4.69, 9.17) is 14.2 Å². The maximum atomic E-state index is 13.9. The van der Waals surface area contributed by atoms with Crippen LogP contribution in [0, 0.1) is 0 Å². The number of hydrogen-bond donors (Lipinski definition) is 2. The summed E-state index contributed by atoms with van der Waals surface area (Å²) in [6.07, 6.45) is -0.458. The molecule has 8 heteroatoms. The Hall–Kier alpha value is -0.490. The van der Waals surface area contributed by atoms with Gasteiger partial charge in [0.1, 0.15) is 6.04 Å². The predicted molar refractivity (Wildman–Crippen MR) is 65.5 cm³/mol. The molecule has 0 saturated heterocycles. The molecule has 0 aliphatic carbocycles. The fourth-order valence-electron chi connectivity index (χ4n) is 1.40. The van der Waals surface area contributed by atoms with Crippen LogP contribution >= 0.6 is 7.60 Å². The number of halogens is 1. The first kappa shape index (κ1) is 17.5. The topological polar surface area (TPSA) is 84.9 Å². The smallest absolute Gasteiger partial charge is 0.364 e. The quantitative estimate of drug-likeness (QED) is 0.597. The highest BCUT2D eigenvalue weighted by atomic mass is 31.2. The number of carboxylic acids is 1. The number of carboxylic acid groups (broad SMARTS) is 1. The highest BCUT2D eigenvalue weighted by Crippen LogP contribution is 2.55. The number of carbonyl (C=O) groups is 1. The molecular weight excluding hydrogens is 264 g/mol. The van der Waals surface area contributed by atoms with Gasteiger partial charge in [-0.25, -0.2) is 4.39 Å².